The van der Waals surface area contributed by atoms with E-state index in [0.29, 0.717) is 6.61 Å². The van der Waals surface area contributed by atoms with Crippen molar-refractivity contribution in [1.82, 2.24) is 14.7 Å². The summed E-state index contributed by atoms with van der Waals surface area (Å²) < 4.78 is 62.6. The number of rotatable bonds is 9. The molecular weight excluding hydrogens is 442 g/mol. The van der Waals surface area contributed by atoms with E-state index in [2.05, 4.69) is 14.7 Å². The van der Waals surface area contributed by atoms with Gasteiger partial charge in [-0.2, -0.15) is 13.1 Å². The molecule has 8 nitrogen and oxygen atoms in total. The van der Waals surface area contributed by atoms with Gasteiger partial charge in [0.05, 0.1) is 28.4 Å². The van der Waals surface area contributed by atoms with Crippen LogP contribution in [0.3, 0.4) is 0 Å². The van der Waals surface area contributed by atoms with Crippen molar-refractivity contribution in [3.8, 4) is 0 Å². The van der Waals surface area contributed by atoms with Crippen LogP contribution in [0.2, 0.25) is 5.02 Å². The number of benzene rings is 1. The van der Waals surface area contributed by atoms with Crippen molar-refractivity contribution in [2.24, 2.45) is 0 Å². The second-order valence-electron chi connectivity index (χ2n) is 6.03. The van der Waals surface area contributed by atoms with Crippen LogP contribution < -0.4 is 9.44 Å². The first-order valence-electron chi connectivity index (χ1n) is 8.74. The molecule has 0 fully saturated rings. The molecule has 3 aromatic rings. The van der Waals surface area contributed by atoms with Gasteiger partial charge in [0.1, 0.15) is 11.5 Å². The van der Waals surface area contributed by atoms with E-state index in [1.54, 1.807) is 6.92 Å². The van der Waals surface area contributed by atoms with Crippen LogP contribution in [0, 0.1) is 11.6 Å². The molecule has 2 heterocycles. The molecule has 0 radical (unpaired) electrons. The molecule has 2 aromatic heterocycles. The van der Waals surface area contributed by atoms with Gasteiger partial charge < -0.3 is 9.72 Å². The van der Waals surface area contributed by atoms with E-state index in [9.17, 15) is 22.0 Å². The standard InChI is InChI=1S/C18H17ClF2N4O4S/c1-2-29-8-7-24-30(27,28)25-13-4-3-12(20)15(16(13)21)17(26)10-9-23-18-14(10)11(19)5-6-22-18/h3-6,9,24-25H,2,7-8H2,1H3,(H,22,23). The minimum absolute atomic E-state index is 0.0569. The molecule has 0 unspecified atom stereocenters. The zero-order valence-electron chi connectivity index (χ0n) is 15.6. The molecule has 0 aliphatic carbocycles. The Morgan fingerprint density at radius 2 is 2.07 bits per heavy atom. The van der Waals surface area contributed by atoms with Gasteiger partial charge in [0.25, 0.3) is 10.2 Å². The van der Waals surface area contributed by atoms with Crippen LogP contribution in [0.25, 0.3) is 11.0 Å². The van der Waals surface area contributed by atoms with E-state index >= 15 is 0 Å². The summed E-state index contributed by atoms with van der Waals surface area (Å²) >= 11 is 6.09. The number of ether oxygens (including phenoxy) is 1. The third kappa shape index (κ3) is 4.59. The normalized spacial score (nSPS) is 11.7. The average molecular weight is 459 g/mol. The van der Waals surface area contributed by atoms with Crippen LogP contribution in [0.4, 0.5) is 14.5 Å². The van der Waals surface area contributed by atoms with Crippen LogP contribution >= 0.6 is 11.6 Å². The highest BCUT2D eigenvalue weighted by Crippen LogP contribution is 2.30. The Labute approximate surface area is 175 Å². The van der Waals surface area contributed by atoms with Crippen LogP contribution in [0.15, 0.2) is 30.6 Å². The van der Waals surface area contributed by atoms with E-state index in [1.807, 2.05) is 4.72 Å². The van der Waals surface area contributed by atoms with Crippen molar-refractivity contribution in [2.75, 3.05) is 24.5 Å². The van der Waals surface area contributed by atoms with E-state index in [1.165, 1.54) is 18.5 Å². The smallest absolute Gasteiger partial charge is 0.299 e. The molecule has 12 heteroatoms. The number of anilines is 1. The summed E-state index contributed by atoms with van der Waals surface area (Å²) in [5.74, 6) is -3.53. The minimum atomic E-state index is -4.18. The first-order chi connectivity index (χ1) is 14.2. The molecular formula is C18H17ClF2N4O4S. The molecule has 0 aliphatic rings. The summed E-state index contributed by atoms with van der Waals surface area (Å²) in [6.45, 7) is 2.21. The van der Waals surface area contributed by atoms with E-state index in [0.717, 1.165) is 12.1 Å². The maximum absolute atomic E-state index is 15.0. The number of ketones is 1. The molecule has 0 amide bonds. The maximum Gasteiger partial charge on any atom is 0.299 e. The molecule has 160 valence electrons. The number of hydrogen-bond donors (Lipinski definition) is 3. The number of H-pyrrole nitrogens is 1. The molecule has 3 N–H and O–H groups in total. The molecule has 0 aliphatic heterocycles. The quantitative estimate of drug-likeness (QED) is 0.337. The lowest BCUT2D eigenvalue weighted by Gasteiger charge is -2.12. The van der Waals surface area contributed by atoms with Crippen LogP contribution in [0.1, 0.15) is 22.8 Å². The van der Waals surface area contributed by atoms with Crippen molar-refractivity contribution >= 4 is 44.3 Å². The van der Waals surface area contributed by atoms with Crippen molar-refractivity contribution in [3.63, 3.8) is 0 Å². The number of nitrogens with one attached hydrogen (secondary N) is 3. The Morgan fingerprint density at radius 3 is 2.80 bits per heavy atom. The maximum atomic E-state index is 15.0. The molecule has 3 rings (SSSR count). The van der Waals surface area contributed by atoms with E-state index in [-0.39, 0.29) is 34.8 Å². The van der Waals surface area contributed by atoms with Gasteiger partial charge in [0, 0.05) is 30.9 Å². The Bertz CT molecular complexity index is 1200. The third-order valence-corrected chi connectivity index (χ3v) is 5.46. The Morgan fingerprint density at radius 1 is 1.30 bits per heavy atom. The van der Waals surface area contributed by atoms with Gasteiger partial charge in [-0.15, -0.1) is 0 Å². The Kier molecular flexibility index (Phi) is 6.66. The fourth-order valence-electron chi connectivity index (χ4n) is 2.74. The molecule has 0 saturated carbocycles. The molecule has 1 aromatic carbocycles. The summed E-state index contributed by atoms with van der Waals surface area (Å²) in [6, 6.07) is 3.11. The summed E-state index contributed by atoms with van der Waals surface area (Å²) in [7, 11) is -4.18. The number of carbonyl (C=O) groups excluding carboxylic acids is 1. The summed E-state index contributed by atoms with van der Waals surface area (Å²) in [5.41, 5.74) is -1.35. The lowest BCUT2D eigenvalue weighted by Crippen LogP contribution is -2.33. The highest BCUT2D eigenvalue weighted by molar-refractivity contribution is 7.90. The predicted octanol–water partition coefficient (Wildman–Crippen LogP) is 3.01. The molecule has 0 bridgehead atoms. The monoisotopic (exact) mass is 458 g/mol. The largest absolute Gasteiger partial charge is 0.380 e. The number of aromatic nitrogens is 2. The highest BCUT2D eigenvalue weighted by atomic mass is 35.5. The van der Waals surface area contributed by atoms with Crippen molar-refractivity contribution in [3.05, 3.63) is 58.4 Å². The number of hydrogen-bond acceptors (Lipinski definition) is 5. The minimum Gasteiger partial charge on any atom is -0.380 e. The predicted molar refractivity (Wildman–Crippen MR) is 108 cm³/mol. The second kappa shape index (κ2) is 9.04. The molecule has 30 heavy (non-hydrogen) atoms. The number of aromatic amines is 1. The lowest BCUT2D eigenvalue weighted by molar-refractivity contribution is 0.103. The molecule has 0 spiro atoms. The number of halogens is 3. The van der Waals surface area contributed by atoms with E-state index < -0.39 is 38.9 Å². The zero-order chi connectivity index (χ0) is 21.9. The fraction of sp³-hybridized carbons (Fsp3) is 0.222. The van der Waals surface area contributed by atoms with Gasteiger partial charge in [-0.25, -0.2) is 13.8 Å². The fourth-order valence-corrected chi connectivity index (χ4v) is 3.86. The van der Waals surface area contributed by atoms with Gasteiger partial charge in [-0.3, -0.25) is 9.52 Å². The number of fused-ring (bicyclic) bond motifs is 1. The van der Waals surface area contributed by atoms with Gasteiger partial charge in [-0.1, -0.05) is 11.6 Å². The van der Waals surface area contributed by atoms with Crippen molar-refractivity contribution in [2.45, 2.75) is 6.92 Å². The second-order valence-corrected chi connectivity index (χ2v) is 7.94. The van der Waals surface area contributed by atoms with Gasteiger partial charge >= 0.3 is 0 Å². The van der Waals surface area contributed by atoms with Crippen LogP contribution in [-0.4, -0.2) is 43.9 Å². The van der Waals surface area contributed by atoms with Gasteiger partial charge in [0.2, 0.25) is 5.78 Å². The van der Waals surface area contributed by atoms with Crippen LogP contribution in [-0.2, 0) is 14.9 Å². The Hall–Kier alpha value is -2.60. The van der Waals surface area contributed by atoms with Crippen molar-refractivity contribution < 1.29 is 26.7 Å². The van der Waals surface area contributed by atoms with Crippen LogP contribution in [0.5, 0.6) is 0 Å². The zero-order valence-corrected chi connectivity index (χ0v) is 17.2. The number of nitrogens with zero attached hydrogens (tertiary/aromatic N) is 1. The molecule has 0 saturated heterocycles. The number of pyridine rings is 1. The van der Waals surface area contributed by atoms with E-state index in [4.69, 9.17) is 16.3 Å². The lowest BCUT2D eigenvalue weighted by atomic mass is 10.0. The summed E-state index contributed by atoms with van der Waals surface area (Å²) in [6.07, 6.45) is 2.64. The van der Waals surface area contributed by atoms with Crippen molar-refractivity contribution in [1.29, 1.82) is 0 Å². The van der Waals surface area contributed by atoms with Gasteiger partial charge in [0.15, 0.2) is 5.82 Å². The summed E-state index contributed by atoms with van der Waals surface area (Å²) in [5, 5.41) is 0.368. The SMILES string of the molecule is CCOCCNS(=O)(=O)Nc1ccc(F)c(C(=O)c2c[nH]c3nccc(Cl)c23)c1F. The highest BCUT2D eigenvalue weighted by Gasteiger charge is 2.26. The molecule has 0 atom stereocenters. The average Bonchev–Trinajstić information content (AvgIpc) is 3.13. The van der Waals surface area contributed by atoms with Gasteiger partial charge in [-0.05, 0) is 25.1 Å². The summed E-state index contributed by atoms with van der Waals surface area (Å²) in [4.78, 5) is 19.6. The number of carbonyl (C=O) groups is 1. The third-order valence-electron chi connectivity index (χ3n) is 4.07. The Balaban J connectivity index is 1.94. The first-order valence-corrected chi connectivity index (χ1v) is 10.6. The topological polar surface area (TPSA) is 113 Å². The first kappa shape index (κ1) is 22.1.